The van der Waals surface area contributed by atoms with Gasteiger partial charge in [-0.15, -0.1) is 0 Å². The highest BCUT2D eigenvalue weighted by Crippen LogP contribution is 2.45. The summed E-state index contributed by atoms with van der Waals surface area (Å²) in [6, 6.07) is 23.3. The number of carbonyl (C=O) groups excluding carboxylic acids is 1. The Morgan fingerprint density at radius 2 is 1.50 bits per heavy atom. The van der Waals surface area contributed by atoms with Crippen molar-refractivity contribution in [2.24, 2.45) is 11.0 Å². The molecular formula is C32H34N2O4. The Morgan fingerprint density at radius 3 is 2.11 bits per heavy atom. The molecule has 1 aliphatic heterocycles. The predicted molar refractivity (Wildman–Crippen MR) is 150 cm³/mol. The number of rotatable bonds is 8. The molecule has 0 saturated heterocycles. The van der Waals surface area contributed by atoms with E-state index in [1.165, 1.54) is 5.57 Å². The maximum Gasteiger partial charge on any atom is 0.274 e. The fourth-order valence-corrected chi connectivity index (χ4v) is 5.32. The zero-order valence-electron chi connectivity index (χ0n) is 22.2. The summed E-state index contributed by atoms with van der Waals surface area (Å²) < 4.78 is 16.5. The maximum absolute atomic E-state index is 13.8. The van der Waals surface area contributed by atoms with Gasteiger partial charge in [0.2, 0.25) is 0 Å². The standard InChI is InChI=1S/C32H34N2O4/c1-4-37-27-15-9-22(10-16-27)21-25-7-6-8-29-30(25)33-34(32(35)24-13-17-26(36-3)18-14-24)31(29)23-11-19-28(20-12-23)38-5-2/h9-21,29,31H,4-8H2,1-3H3/b25-21-/t29-,31-/m0/s1. The van der Waals surface area contributed by atoms with Crippen LogP contribution in [0.3, 0.4) is 0 Å². The van der Waals surface area contributed by atoms with Crippen LogP contribution in [0.25, 0.3) is 6.08 Å². The number of carbonyl (C=O) groups is 1. The number of hydrogen-bond acceptors (Lipinski definition) is 5. The van der Waals surface area contributed by atoms with Gasteiger partial charge < -0.3 is 14.2 Å². The molecule has 0 N–H and O–H groups in total. The van der Waals surface area contributed by atoms with Crippen molar-refractivity contribution < 1.29 is 19.0 Å². The summed E-state index contributed by atoms with van der Waals surface area (Å²) in [6.45, 7) is 5.21. The summed E-state index contributed by atoms with van der Waals surface area (Å²) in [4.78, 5) is 13.8. The lowest BCUT2D eigenvalue weighted by Gasteiger charge is -2.30. The second-order valence-corrected chi connectivity index (χ2v) is 9.48. The molecule has 196 valence electrons. The minimum Gasteiger partial charge on any atom is -0.497 e. The molecule has 0 spiro atoms. The molecule has 38 heavy (non-hydrogen) atoms. The minimum atomic E-state index is -0.181. The van der Waals surface area contributed by atoms with Crippen molar-refractivity contribution in [3.63, 3.8) is 0 Å². The van der Waals surface area contributed by atoms with E-state index in [1.807, 2.05) is 50.2 Å². The van der Waals surface area contributed by atoms with Crippen molar-refractivity contribution in [3.8, 4) is 17.2 Å². The van der Waals surface area contributed by atoms with E-state index in [-0.39, 0.29) is 17.9 Å². The van der Waals surface area contributed by atoms with Gasteiger partial charge in [-0.25, -0.2) is 5.01 Å². The first-order chi connectivity index (χ1) is 18.6. The highest BCUT2D eigenvalue weighted by atomic mass is 16.5. The Balaban J connectivity index is 1.51. The van der Waals surface area contributed by atoms with E-state index in [2.05, 4.69) is 30.3 Å². The van der Waals surface area contributed by atoms with Crippen LogP contribution < -0.4 is 14.2 Å². The Hall–Kier alpha value is -4.06. The molecule has 2 aliphatic rings. The van der Waals surface area contributed by atoms with Crippen molar-refractivity contribution >= 4 is 17.7 Å². The number of methoxy groups -OCH3 is 1. The number of benzene rings is 3. The van der Waals surface area contributed by atoms with Crippen LogP contribution in [0.5, 0.6) is 17.2 Å². The minimum absolute atomic E-state index is 0.117. The third-order valence-electron chi connectivity index (χ3n) is 7.11. The van der Waals surface area contributed by atoms with Crippen LogP contribution in [-0.4, -0.2) is 37.0 Å². The lowest BCUT2D eigenvalue weighted by Crippen LogP contribution is -2.31. The van der Waals surface area contributed by atoms with Gasteiger partial charge in [0.25, 0.3) is 5.91 Å². The molecule has 6 nitrogen and oxygen atoms in total. The average molecular weight is 511 g/mol. The third kappa shape index (κ3) is 5.30. The molecule has 1 aliphatic carbocycles. The van der Waals surface area contributed by atoms with Gasteiger partial charge in [0.1, 0.15) is 17.2 Å². The summed E-state index contributed by atoms with van der Waals surface area (Å²) >= 11 is 0. The van der Waals surface area contributed by atoms with Crippen LogP contribution in [0.4, 0.5) is 0 Å². The molecule has 0 aromatic heterocycles. The van der Waals surface area contributed by atoms with Gasteiger partial charge in [0, 0.05) is 11.5 Å². The van der Waals surface area contributed by atoms with Crippen LogP contribution in [0.15, 0.2) is 83.5 Å². The van der Waals surface area contributed by atoms with Crippen LogP contribution in [0, 0.1) is 5.92 Å². The van der Waals surface area contributed by atoms with E-state index >= 15 is 0 Å². The van der Waals surface area contributed by atoms with E-state index in [0.717, 1.165) is 47.6 Å². The van der Waals surface area contributed by atoms with Crippen molar-refractivity contribution in [2.45, 2.75) is 39.2 Å². The first-order valence-corrected chi connectivity index (χ1v) is 13.3. The van der Waals surface area contributed by atoms with Gasteiger partial charge in [-0.1, -0.05) is 24.3 Å². The molecular weight excluding hydrogens is 476 g/mol. The number of hydrazone groups is 1. The van der Waals surface area contributed by atoms with Crippen LogP contribution in [0.2, 0.25) is 0 Å². The van der Waals surface area contributed by atoms with E-state index in [4.69, 9.17) is 19.3 Å². The summed E-state index contributed by atoms with van der Waals surface area (Å²) in [6.07, 6.45) is 5.16. The SMILES string of the molecule is CCOc1ccc(/C=C2/CCC[C@H]3C2=NN(C(=O)c2ccc(OC)cc2)[C@H]3c2ccc(OCC)cc2)cc1. The number of hydrogen-bond donors (Lipinski definition) is 0. The van der Waals surface area contributed by atoms with Gasteiger partial charge in [-0.3, -0.25) is 4.79 Å². The first kappa shape index (κ1) is 25.6. The van der Waals surface area contributed by atoms with Crippen LogP contribution >= 0.6 is 0 Å². The largest absolute Gasteiger partial charge is 0.497 e. The summed E-state index contributed by atoms with van der Waals surface area (Å²) in [7, 11) is 1.62. The van der Waals surface area contributed by atoms with Gasteiger partial charge in [0.05, 0.1) is 32.1 Å². The van der Waals surface area contributed by atoms with Gasteiger partial charge in [-0.2, -0.15) is 5.10 Å². The lowest BCUT2D eigenvalue weighted by atomic mass is 9.77. The maximum atomic E-state index is 13.8. The monoisotopic (exact) mass is 510 g/mol. The number of nitrogens with zero attached hydrogens (tertiary/aromatic N) is 2. The predicted octanol–water partition coefficient (Wildman–Crippen LogP) is 6.93. The van der Waals surface area contributed by atoms with Gasteiger partial charge in [-0.05, 0) is 104 Å². The summed E-state index contributed by atoms with van der Waals surface area (Å²) in [5, 5.41) is 6.70. The molecule has 6 heteroatoms. The molecule has 3 aromatic rings. The molecule has 1 saturated carbocycles. The normalized spacial score (nSPS) is 19.6. The number of ether oxygens (including phenoxy) is 3. The highest BCUT2D eigenvalue weighted by Gasteiger charge is 2.44. The molecule has 0 unspecified atom stereocenters. The fraction of sp³-hybridized carbons (Fsp3) is 0.312. The smallest absolute Gasteiger partial charge is 0.274 e. The van der Waals surface area contributed by atoms with E-state index in [9.17, 15) is 4.79 Å². The Kier molecular flexibility index (Phi) is 7.78. The van der Waals surface area contributed by atoms with Crippen molar-refractivity contribution in [1.29, 1.82) is 0 Å². The molecule has 0 bridgehead atoms. The first-order valence-electron chi connectivity index (χ1n) is 13.3. The van der Waals surface area contributed by atoms with Gasteiger partial charge >= 0.3 is 0 Å². The summed E-state index contributed by atoms with van der Waals surface area (Å²) in [5.74, 6) is 2.41. The lowest BCUT2D eigenvalue weighted by molar-refractivity contribution is 0.0681. The zero-order valence-corrected chi connectivity index (χ0v) is 22.2. The summed E-state index contributed by atoms with van der Waals surface area (Å²) in [5.41, 5.74) is 4.93. The Morgan fingerprint density at radius 1 is 0.895 bits per heavy atom. The number of fused-ring (bicyclic) bond motifs is 1. The second kappa shape index (κ2) is 11.5. The molecule has 1 heterocycles. The van der Waals surface area contributed by atoms with Crippen molar-refractivity contribution in [1.82, 2.24) is 5.01 Å². The fourth-order valence-electron chi connectivity index (χ4n) is 5.32. The molecule has 1 amide bonds. The Bertz CT molecular complexity index is 1310. The van der Waals surface area contributed by atoms with Crippen LogP contribution in [-0.2, 0) is 0 Å². The van der Waals surface area contributed by atoms with Crippen LogP contribution in [0.1, 0.15) is 60.6 Å². The number of amides is 1. The van der Waals surface area contributed by atoms with E-state index in [1.54, 1.807) is 24.3 Å². The zero-order chi connectivity index (χ0) is 26.5. The third-order valence-corrected chi connectivity index (χ3v) is 7.11. The Labute approximate surface area is 224 Å². The highest BCUT2D eigenvalue weighted by molar-refractivity contribution is 6.09. The molecule has 3 aromatic carbocycles. The molecule has 2 atom stereocenters. The van der Waals surface area contributed by atoms with Crippen molar-refractivity contribution in [2.75, 3.05) is 20.3 Å². The van der Waals surface area contributed by atoms with E-state index < -0.39 is 0 Å². The van der Waals surface area contributed by atoms with Crippen molar-refractivity contribution in [3.05, 3.63) is 95.1 Å². The topological polar surface area (TPSA) is 60.4 Å². The molecule has 0 radical (unpaired) electrons. The molecule has 1 fully saturated rings. The average Bonchev–Trinajstić information content (AvgIpc) is 3.35. The van der Waals surface area contributed by atoms with Gasteiger partial charge in [0.15, 0.2) is 0 Å². The second-order valence-electron chi connectivity index (χ2n) is 9.48. The number of allylic oxidation sites excluding steroid dienone is 1. The van der Waals surface area contributed by atoms with E-state index in [0.29, 0.717) is 24.5 Å². The molecule has 5 rings (SSSR count). The quantitative estimate of drug-likeness (QED) is 0.330.